The molecule has 4 heterocycles. The van der Waals surface area contributed by atoms with Gasteiger partial charge in [-0.1, -0.05) is 6.07 Å². The Labute approximate surface area is 200 Å². The summed E-state index contributed by atoms with van der Waals surface area (Å²) in [5, 5.41) is 14.6. The minimum absolute atomic E-state index is 0.363. The fourth-order valence-corrected chi connectivity index (χ4v) is 4.31. The second-order valence-electron chi connectivity index (χ2n) is 8.32. The van der Waals surface area contributed by atoms with E-state index in [0.29, 0.717) is 48.2 Å². The number of imidazole rings is 1. The molecule has 0 bridgehead atoms. The van der Waals surface area contributed by atoms with E-state index in [4.69, 9.17) is 4.74 Å². The van der Waals surface area contributed by atoms with Crippen molar-refractivity contribution >= 4 is 12.2 Å². The molecule has 0 unspecified atom stereocenters. The molecule has 0 radical (unpaired) electrons. The predicted molar refractivity (Wildman–Crippen MR) is 124 cm³/mol. The summed E-state index contributed by atoms with van der Waals surface area (Å²) in [5.74, 6) is 0.0519. The molecule has 10 heteroatoms. The van der Waals surface area contributed by atoms with Gasteiger partial charge in [-0.3, -0.25) is 4.57 Å². The molecule has 0 N–H and O–H groups in total. The maximum atomic E-state index is 14.0. The van der Waals surface area contributed by atoms with Crippen LogP contribution in [0.25, 0.3) is 18.0 Å². The molecule has 0 saturated heterocycles. The molecule has 1 atom stereocenters. The van der Waals surface area contributed by atoms with Crippen LogP contribution in [0.5, 0.6) is 5.75 Å². The van der Waals surface area contributed by atoms with Gasteiger partial charge in [-0.05, 0) is 61.2 Å². The van der Waals surface area contributed by atoms with Crippen molar-refractivity contribution in [3.63, 3.8) is 0 Å². The number of fused-ring (bicyclic) bond motifs is 1. The molecule has 0 fully saturated rings. The molecule has 0 spiro atoms. The SMILES string of the molecule is COc1cc(/C=C/c2nc3n(n2)CCC[C@]3(C#N)c2ccc(F)c(F)c2)cnc1-n1cnc(C)c1. The quantitative estimate of drug-likeness (QED) is 0.431. The number of rotatable bonds is 5. The van der Waals surface area contributed by atoms with Crippen molar-refractivity contribution in [1.29, 1.82) is 5.26 Å². The third-order valence-corrected chi connectivity index (χ3v) is 6.05. The predicted octanol–water partition coefficient (Wildman–Crippen LogP) is 4.23. The highest BCUT2D eigenvalue weighted by Gasteiger charge is 2.42. The summed E-state index contributed by atoms with van der Waals surface area (Å²) in [6.45, 7) is 2.48. The smallest absolute Gasteiger partial charge is 0.180 e. The summed E-state index contributed by atoms with van der Waals surface area (Å²) in [4.78, 5) is 13.3. The van der Waals surface area contributed by atoms with E-state index in [0.717, 1.165) is 23.4 Å². The first kappa shape index (κ1) is 22.4. The number of aryl methyl sites for hydroxylation is 2. The van der Waals surface area contributed by atoms with Gasteiger partial charge in [0.1, 0.15) is 11.7 Å². The van der Waals surface area contributed by atoms with Gasteiger partial charge in [0, 0.05) is 18.9 Å². The molecule has 0 aliphatic carbocycles. The van der Waals surface area contributed by atoms with Gasteiger partial charge in [0.2, 0.25) is 0 Å². The minimum Gasteiger partial charge on any atom is -0.493 e. The van der Waals surface area contributed by atoms with Gasteiger partial charge in [-0.15, -0.1) is 0 Å². The number of benzene rings is 1. The Morgan fingerprint density at radius 1 is 1.17 bits per heavy atom. The highest BCUT2D eigenvalue weighted by Crippen LogP contribution is 2.39. The average Bonchev–Trinajstić information content (AvgIpc) is 3.50. The number of hydrogen-bond donors (Lipinski definition) is 0. The molecule has 3 aromatic heterocycles. The lowest BCUT2D eigenvalue weighted by Gasteiger charge is -2.30. The Kier molecular flexibility index (Phi) is 5.61. The maximum absolute atomic E-state index is 14.0. The number of hydrogen-bond acceptors (Lipinski definition) is 6. The van der Waals surface area contributed by atoms with E-state index in [2.05, 4.69) is 26.1 Å². The standard InChI is InChI=1S/C25H21F2N7O/c1-16-13-33(15-30-16)23-21(35-2)10-17(12-29-23)4-7-22-31-24-25(14-28,8-3-9-34(24)32-22)18-5-6-19(26)20(27)11-18/h4-7,10-13,15H,3,8-9H2,1-2H3/b7-4+/t25-/m0/s1. The Bertz CT molecular complexity index is 1480. The van der Waals surface area contributed by atoms with Gasteiger partial charge in [-0.2, -0.15) is 10.4 Å². The molecule has 1 aliphatic heterocycles. The topological polar surface area (TPSA) is 94.4 Å². The highest BCUT2D eigenvalue weighted by atomic mass is 19.2. The molecule has 35 heavy (non-hydrogen) atoms. The number of aromatic nitrogens is 6. The molecule has 0 amide bonds. The molecular formula is C25H21F2N7O. The summed E-state index contributed by atoms with van der Waals surface area (Å²) in [5.41, 5.74) is 0.787. The molecular weight excluding hydrogens is 452 g/mol. The van der Waals surface area contributed by atoms with Crippen molar-refractivity contribution in [3.8, 4) is 17.6 Å². The monoisotopic (exact) mass is 473 g/mol. The molecule has 5 rings (SSSR count). The zero-order valence-corrected chi connectivity index (χ0v) is 19.1. The van der Waals surface area contributed by atoms with Crippen molar-refractivity contribution in [2.45, 2.75) is 31.7 Å². The van der Waals surface area contributed by atoms with Crippen LogP contribution >= 0.6 is 0 Å². The Balaban J connectivity index is 1.47. The maximum Gasteiger partial charge on any atom is 0.180 e. The van der Waals surface area contributed by atoms with E-state index in [1.54, 1.807) is 41.0 Å². The fraction of sp³-hybridized carbons (Fsp3) is 0.240. The van der Waals surface area contributed by atoms with Gasteiger partial charge in [-0.25, -0.2) is 28.4 Å². The second-order valence-corrected chi connectivity index (χ2v) is 8.32. The van der Waals surface area contributed by atoms with Crippen molar-refractivity contribution in [2.75, 3.05) is 7.11 Å². The number of ether oxygens (including phenoxy) is 1. The van der Waals surface area contributed by atoms with Crippen molar-refractivity contribution in [3.05, 3.63) is 83.1 Å². The summed E-state index contributed by atoms with van der Waals surface area (Å²) < 4.78 is 36.4. The molecule has 176 valence electrons. The van der Waals surface area contributed by atoms with Crippen LogP contribution in [0.3, 0.4) is 0 Å². The van der Waals surface area contributed by atoms with Gasteiger partial charge in [0.05, 0.1) is 18.9 Å². The third-order valence-electron chi connectivity index (χ3n) is 6.05. The number of nitriles is 1. The number of nitrogens with zero attached hydrogens (tertiary/aromatic N) is 7. The molecule has 4 aromatic rings. The Hall–Kier alpha value is -4.39. The van der Waals surface area contributed by atoms with Crippen molar-refractivity contribution in [2.24, 2.45) is 0 Å². The number of methoxy groups -OCH3 is 1. The minimum atomic E-state index is -1.21. The fourth-order valence-electron chi connectivity index (χ4n) is 4.31. The van der Waals surface area contributed by atoms with Crippen LogP contribution in [0.2, 0.25) is 0 Å². The normalized spacial score (nSPS) is 17.3. The first-order valence-corrected chi connectivity index (χ1v) is 11.0. The summed E-state index contributed by atoms with van der Waals surface area (Å²) in [6.07, 6.45) is 9.83. The number of halogens is 2. The summed E-state index contributed by atoms with van der Waals surface area (Å²) >= 11 is 0. The van der Waals surface area contributed by atoms with E-state index in [1.165, 1.54) is 6.07 Å². The Morgan fingerprint density at radius 3 is 2.74 bits per heavy atom. The van der Waals surface area contributed by atoms with Crippen molar-refractivity contribution < 1.29 is 13.5 Å². The second kappa shape index (κ2) is 8.76. The van der Waals surface area contributed by atoms with Crippen LogP contribution in [0.15, 0.2) is 43.0 Å². The van der Waals surface area contributed by atoms with Crippen LogP contribution in [0.1, 0.15) is 41.3 Å². The zero-order chi connectivity index (χ0) is 24.6. The van der Waals surface area contributed by atoms with E-state index in [-0.39, 0.29) is 0 Å². The van der Waals surface area contributed by atoms with E-state index < -0.39 is 17.0 Å². The van der Waals surface area contributed by atoms with E-state index in [9.17, 15) is 14.0 Å². The van der Waals surface area contributed by atoms with Gasteiger partial charge >= 0.3 is 0 Å². The van der Waals surface area contributed by atoms with Gasteiger partial charge < -0.3 is 4.74 Å². The number of pyridine rings is 1. The molecule has 1 aliphatic rings. The molecule has 0 saturated carbocycles. The van der Waals surface area contributed by atoms with Crippen LogP contribution in [-0.4, -0.2) is 36.4 Å². The van der Waals surface area contributed by atoms with Crippen LogP contribution in [0, 0.1) is 29.9 Å². The van der Waals surface area contributed by atoms with Gasteiger partial charge in [0.15, 0.2) is 34.9 Å². The zero-order valence-electron chi connectivity index (χ0n) is 19.1. The van der Waals surface area contributed by atoms with E-state index >= 15 is 0 Å². The summed E-state index contributed by atoms with van der Waals surface area (Å²) in [6, 6.07) is 7.67. The van der Waals surface area contributed by atoms with Crippen molar-refractivity contribution in [1.82, 2.24) is 29.3 Å². The lowest BCUT2D eigenvalue weighted by molar-refractivity contribution is 0.390. The van der Waals surface area contributed by atoms with Crippen LogP contribution < -0.4 is 4.74 Å². The molecule has 8 nitrogen and oxygen atoms in total. The Morgan fingerprint density at radius 2 is 2.03 bits per heavy atom. The van der Waals surface area contributed by atoms with Gasteiger partial charge in [0.25, 0.3) is 0 Å². The first-order chi connectivity index (χ1) is 16.9. The molecule has 1 aromatic carbocycles. The third kappa shape index (κ3) is 3.95. The highest BCUT2D eigenvalue weighted by molar-refractivity contribution is 5.68. The lowest BCUT2D eigenvalue weighted by atomic mass is 9.75. The van der Waals surface area contributed by atoms with Crippen LogP contribution in [0.4, 0.5) is 8.78 Å². The van der Waals surface area contributed by atoms with Crippen LogP contribution in [-0.2, 0) is 12.0 Å². The van der Waals surface area contributed by atoms with E-state index in [1.807, 2.05) is 19.2 Å². The first-order valence-electron chi connectivity index (χ1n) is 11.0. The summed E-state index contributed by atoms with van der Waals surface area (Å²) in [7, 11) is 1.57. The average molecular weight is 473 g/mol. The largest absolute Gasteiger partial charge is 0.493 e. The lowest BCUT2D eigenvalue weighted by Crippen LogP contribution is -2.34.